The topological polar surface area (TPSA) is 134 Å². The van der Waals surface area contributed by atoms with Crippen LogP contribution in [-0.4, -0.2) is 67.3 Å². The van der Waals surface area contributed by atoms with E-state index in [1.165, 1.54) is 6.92 Å². The van der Waals surface area contributed by atoms with Gasteiger partial charge in [0.2, 0.25) is 0 Å². The highest BCUT2D eigenvalue weighted by Crippen LogP contribution is 2.52. The summed E-state index contributed by atoms with van der Waals surface area (Å²) in [6.45, 7) is 1.19. The van der Waals surface area contributed by atoms with Crippen LogP contribution in [0, 0.1) is 17.8 Å². The van der Waals surface area contributed by atoms with E-state index in [2.05, 4.69) is 0 Å². The fraction of sp³-hybridized carbons (Fsp3) is 0.536. The number of phenols is 1. The minimum atomic E-state index is -1.05. The third-order valence-electron chi connectivity index (χ3n) is 7.94. The molecule has 1 fully saturated rings. The molecule has 0 bridgehead atoms. The van der Waals surface area contributed by atoms with Crippen molar-refractivity contribution in [3.05, 3.63) is 39.7 Å². The number of anilines is 1. The highest BCUT2D eigenvalue weighted by atomic mass is 16.7. The second kappa shape index (κ2) is 10.3. The number of Topliss-reactive ketones (excluding diaryl/α,β-unsaturated/α-hetero) is 3. The van der Waals surface area contributed by atoms with E-state index < -0.39 is 34.9 Å². The highest BCUT2D eigenvalue weighted by molar-refractivity contribution is 6.22. The van der Waals surface area contributed by atoms with Crippen molar-refractivity contribution in [1.82, 2.24) is 0 Å². The number of ether oxygens (including phenoxy) is 2. The first-order chi connectivity index (χ1) is 17.5. The summed E-state index contributed by atoms with van der Waals surface area (Å²) in [5, 5.41) is 33.5. The van der Waals surface area contributed by atoms with E-state index in [0.29, 0.717) is 37.7 Å². The number of fused-ring (bicyclic) bond motifs is 3. The Kier molecular flexibility index (Phi) is 7.48. The van der Waals surface area contributed by atoms with E-state index in [0.717, 1.165) is 11.3 Å². The summed E-state index contributed by atoms with van der Waals surface area (Å²) in [4.78, 5) is 40.1. The minimum Gasteiger partial charge on any atom is -0.511 e. The van der Waals surface area contributed by atoms with Gasteiger partial charge in [0.15, 0.2) is 23.6 Å². The predicted octanol–water partition coefficient (Wildman–Crippen LogP) is 3.42. The van der Waals surface area contributed by atoms with E-state index in [4.69, 9.17) is 9.47 Å². The fourth-order valence-electron chi connectivity index (χ4n) is 6.24. The standard InChI is InChI=1S/C28H35NO8/c1-13(30)21-19(31)12-16-9-15-10-17-18(29(2)3)11-14(7-6-8-20(36-4)37-5)25(32)24(17)28(35)22(15)27(34)23(16)26(21)33/h11,15-16,20,23,32-33,35H,6-10,12H2,1-5H3. The van der Waals surface area contributed by atoms with Gasteiger partial charge in [-0.15, -0.1) is 0 Å². The normalized spacial score (nSPS) is 23.2. The van der Waals surface area contributed by atoms with Gasteiger partial charge in [-0.05, 0) is 68.1 Å². The van der Waals surface area contributed by atoms with E-state index in [-0.39, 0.29) is 46.8 Å². The lowest BCUT2D eigenvalue weighted by atomic mass is 9.61. The number of aliphatic hydroxyl groups excluding tert-OH is 2. The maximum Gasteiger partial charge on any atom is 0.173 e. The predicted molar refractivity (Wildman–Crippen MR) is 136 cm³/mol. The van der Waals surface area contributed by atoms with Crippen molar-refractivity contribution >= 4 is 28.8 Å². The van der Waals surface area contributed by atoms with Gasteiger partial charge in [0.05, 0.1) is 17.1 Å². The summed E-state index contributed by atoms with van der Waals surface area (Å²) in [5.74, 6) is -4.26. The average Bonchev–Trinajstić information content (AvgIpc) is 2.82. The number of carbonyl (C=O) groups excluding carboxylic acids is 3. The molecule has 1 aromatic rings. The van der Waals surface area contributed by atoms with Crippen molar-refractivity contribution in [3.63, 3.8) is 0 Å². The summed E-state index contributed by atoms with van der Waals surface area (Å²) in [6, 6.07) is 1.91. The molecule has 0 heterocycles. The van der Waals surface area contributed by atoms with E-state index >= 15 is 0 Å². The number of allylic oxidation sites excluding steroid dienone is 3. The number of nitrogens with zero attached hydrogens (tertiary/aromatic N) is 1. The smallest absolute Gasteiger partial charge is 0.173 e. The number of ketones is 3. The molecule has 0 amide bonds. The van der Waals surface area contributed by atoms with Crippen LogP contribution in [0.5, 0.6) is 5.75 Å². The van der Waals surface area contributed by atoms with Crippen LogP contribution < -0.4 is 4.90 Å². The molecule has 3 aliphatic carbocycles. The first-order valence-electron chi connectivity index (χ1n) is 12.6. The molecule has 0 aromatic heterocycles. The van der Waals surface area contributed by atoms with Gasteiger partial charge in [-0.25, -0.2) is 0 Å². The second-order valence-corrected chi connectivity index (χ2v) is 10.4. The Morgan fingerprint density at radius 2 is 1.81 bits per heavy atom. The summed E-state index contributed by atoms with van der Waals surface area (Å²) < 4.78 is 10.5. The number of phenolic OH excluding ortho intramolecular Hbond substituents is 1. The van der Waals surface area contributed by atoms with Crippen LogP contribution in [0.15, 0.2) is 23.0 Å². The maximum absolute atomic E-state index is 13.7. The minimum absolute atomic E-state index is 0.00144. The number of benzene rings is 1. The van der Waals surface area contributed by atoms with Crippen LogP contribution in [0.3, 0.4) is 0 Å². The fourth-order valence-corrected chi connectivity index (χ4v) is 6.24. The lowest BCUT2D eigenvalue weighted by Crippen LogP contribution is -2.43. The number of hydrogen-bond acceptors (Lipinski definition) is 9. The molecular weight excluding hydrogens is 478 g/mol. The number of hydrogen-bond donors (Lipinski definition) is 3. The van der Waals surface area contributed by atoms with Gasteiger partial charge in [0.1, 0.15) is 17.3 Å². The van der Waals surface area contributed by atoms with Gasteiger partial charge in [0, 0.05) is 46.0 Å². The zero-order chi connectivity index (χ0) is 27.2. The molecular formula is C28H35NO8. The largest absolute Gasteiger partial charge is 0.511 e. The molecule has 3 atom stereocenters. The van der Waals surface area contributed by atoms with Crippen LogP contribution in [0.4, 0.5) is 5.69 Å². The second-order valence-electron chi connectivity index (χ2n) is 10.4. The maximum atomic E-state index is 13.7. The van der Waals surface area contributed by atoms with Crippen molar-refractivity contribution in [3.8, 4) is 5.75 Å². The first-order valence-corrected chi connectivity index (χ1v) is 12.6. The SMILES string of the molecule is COC(CCCc1cc(N(C)C)c2c(c1O)C(O)=C1C(=O)C3C(O)=C(C(C)=O)C(=O)CC3CC1C2)OC. The molecule has 1 saturated carbocycles. The molecule has 1 aromatic carbocycles. The van der Waals surface area contributed by atoms with Crippen LogP contribution in [0.2, 0.25) is 0 Å². The zero-order valence-corrected chi connectivity index (χ0v) is 22.0. The molecule has 200 valence electrons. The van der Waals surface area contributed by atoms with Crippen molar-refractivity contribution in [2.75, 3.05) is 33.2 Å². The van der Waals surface area contributed by atoms with Gasteiger partial charge in [-0.1, -0.05) is 0 Å². The monoisotopic (exact) mass is 513 g/mol. The van der Waals surface area contributed by atoms with Crippen LogP contribution in [0.1, 0.15) is 49.3 Å². The Bertz CT molecular complexity index is 1210. The van der Waals surface area contributed by atoms with Gasteiger partial charge in [0.25, 0.3) is 0 Å². The van der Waals surface area contributed by atoms with Crippen molar-refractivity contribution in [2.24, 2.45) is 17.8 Å². The Morgan fingerprint density at radius 1 is 1.14 bits per heavy atom. The van der Waals surface area contributed by atoms with Gasteiger partial charge < -0.3 is 29.7 Å². The van der Waals surface area contributed by atoms with E-state index in [1.807, 2.05) is 25.1 Å². The number of carbonyl (C=O) groups is 3. The summed E-state index contributed by atoms with van der Waals surface area (Å²) in [7, 11) is 6.89. The summed E-state index contributed by atoms with van der Waals surface area (Å²) >= 11 is 0. The first kappa shape index (κ1) is 26.9. The summed E-state index contributed by atoms with van der Waals surface area (Å²) in [6.07, 6.45) is 2.22. The Hall–Kier alpha value is -3.17. The molecule has 9 nitrogen and oxygen atoms in total. The number of aromatic hydroxyl groups is 1. The van der Waals surface area contributed by atoms with Crippen LogP contribution >= 0.6 is 0 Å². The Morgan fingerprint density at radius 3 is 2.41 bits per heavy atom. The van der Waals surface area contributed by atoms with Crippen LogP contribution in [-0.2, 0) is 36.7 Å². The molecule has 3 unspecified atom stereocenters. The van der Waals surface area contributed by atoms with Gasteiger partial charge >= 0.3 is 0 Å². The lowest BCUT2D eigenvalue weighted by Gasteiger charge is -2.41. The molecule has 3 N–H and O–H groups in total. The van der Waals surface area contributed by atoms with Crippen molar-refractivity contribution in [1.29, 1.82) is 0 Å². The van der Waals surface area contributed by atoms with E-state index in [1.54, 1.807) is 14.2 Å². The molecule has 37 heavy (non-hydrogen) atoms. The Balaban J connectivity index is 1.79. The third-order valence-corrected chi connectivity index (χ3v) is 7.94. The quantitative estimate of drug-likeness (QED) is 0.353. The molecule has 4 rings (SSSR count). The number of aryl methyl sites for hydroxylation is 1. The highest BCUT2D eigenvalue weighted by Gasteiger charge is 2.51. The average molecular weight is 514 g/mol. The molecule has 0 saturated heterocycles. The van der Waals surface area contributed by atoms with Crippen molar-refractivity contribution in [2.45, 2.75) is 51.7 Å². The van der Waals surface area contributed by atoms with E-state index in [9.17, 15) is 29.7 Å². The third kappa shape index (κ3) is 4.55. The zero-order valence-electron chi connectivity index (χ0n) is 22.0. The van der Waals surface area contributed by atoms with Crippen molar-refractivity contribution < 1.29 is 39.2 Å². The van der Waals surface area contributed by atoms with Gasteiger partial charge in [-0.2, -0.15) is 0 Å². The molecule has 0 radical (unpaired) electrons. The molecule has 0 aliphatic heterocycles. The number of rotatable bonds is 8. The molecule has 3 aliphatic rings. The Labute approximate surface area is 216 Å². The molecule has 9 heteroatoms. The van der Waals surface area contributed by atoms with Crippen LogP contribution in [0.25, 0.3) is 5.76 Å². The molecule has 0 spiro atoms. The summed E-state index contributed by atoms with van der Waals surface area (Å²) in [5.41, 5.74) is 2.26. The number of methoxy groups -OCH3 is 2. The lowest BCUT2D eigenvalue weighted by molar-refractivity contribution is -0.127. The van der Waals surface area contributed by atoms with Gasteiger partial charge in [-0.3, -0.25) is 14.4 Å². The number of aliphatic hydroxyl groups is 2.